The van der Waals surface area contributed by atoms with E-state index in [1.807, 2.05) is 6.07 Å². The van der Waals surface area contributed by atoms with E-state index >= 15 is 0 Å². The summed E-state index contributed by atoms with van der Waals surface area (Å²) in [5.41, 5.74) is 1.85. The first kappa shape index (κ1) is 14.9. The normalized spacial score (nSPS) is 11.2. The quantitative estimate of drug-likeness (QED) is 0.702. The lowest BCUT2D eigenvalue weighted by atomic mass is 10.1. The topological polar surface area (TPSA) is 41.6 Å². The smallest absolute Gasteiger partial charge is 0.306 e. The van der Waals surface area contributed by atoms with Crippen molar-refractivity contribution in [2.24, 2.45) is 0 Å². The van der Waals surface area contributed by atoms with Gasteiger partial charge in [-0.2, -0.15) is 18.4 Å². The minimum absolute atomic E-state index is 0.553. The molecule has 3 aromatic rings. The highest BCUT2D eigenvalue weighted by Crippen LogP contribution is 2.30. The Morgan fingerprint density at radius 3 is 2.17 bits per heavy atom. The molecule has 3 rings (SSSR count). The summed E-state index contributed by atoms with van der Waals surface area (Å²) in [7, 11) is 0. The number of nitrogens with zero attached hydrogens (tertiary/aromatic N) is 3. The van der Waals surface area contributed by atoms with Crippen LogP contribution in [0.5, 0.6) is 0 Å². The average Bonchev–Trinajstić information content (AvgIpc) is 3.04. The zero-order chi connectivity index (χ0) is 16.4. The van der Waals surface area contributed by atoms with Crippen LogP contribution in [0.3, 0.4) is 0 Å². The van der Waals surface area contributed by atoms with Crippen LogP contribution >= 0.6 is 0 Å². The van der Waals surface area contributed by atoms with E-state index in [0.717, 1.165) is 17.8 Å². The number of benzene rings is 2. The fourth-order valence-electron chi connectivity index (χ4n) is 2.15. The summed E-state index contributed by atoms with van der Waals surface area (Å²) >= 11 is 0. The Labute approximate surface area is 130 Å². The second-order valence-electron chi connectivity index (χ2n) is 4.90. The van der Waals surface area contributed by atoms with Gasteiger partial charge in [0.15, 0.2) is 0 Å². The molecule has 0 saturated heterocycles. The summed E-state index contributed by atoms with van der Waals surface area (Å²) in [4.78, 5) is 4.21. The van der Waals surface area contributed by atoms with Crippen molar-refractivity contribution >= 4 is 0 Å². The minimum atomic E-state index is -4.35. The SMILES string of the molecule is N#Cc1ccc(-n2cnc(-c3ccc(C(F)(F)F)cc3)c2)cc1. The maximum absolute atomic E-state index is 12.6. The summed E-state index contributed by atoms with van der Waals surface area (Å²) in [5, 5.41) is 8.78. The van der Waals surface area contributed by atoms with E-state index in [2.05, 4.69) is 4.98 Å². The Hall–Kier alpha value is -3.07. The molecule has 0 amide bonds. The molecule has 1 aromatic heterocycles. The van der Waals surface area contributed by atoms with Crippen LogP contribution in [-0.4, -0.2) is 9.55 Å². The monoisotopic (exact) mass is 313 g/mol. The number of nitriles is 1. The van der Waals surface area contributed by atoms with E-state index < -0.39 is 11.7 Å². The van der Waals surface area contributed by atoms with Gasteiger partial charge in [-0.05, 0) is 36.4 Å². The molecule has 0 N–H and O–H groups in total. The van der Waals surface area contributed by atoms with Crippen LogP contribution in [0.1, 0.15) is 11.1 Å². The van der Waals surface area contributed by atoms with Gasteiger partial charge in [-0.25, -0.2) is 4.98 Å². The zero-order valence-electron chi connectivity index (χ0n) is 11.7. The third-order valence-electron chi connectivity index (χ3n) is 3.39. The maximum atomic E-state index is 12.6. The van der Waals surface area contributed by atoms with Crippen LogP contribution in [0.4, 0.5) is 13.2 Å². The van der Waals surface area contributed by atoms with Crippen LogP contribution in [0.25, 0.3) is 16.9 Å². The van der Waals surface area contributed by atoms with Gasteiger partial charge in [-0.1, -0.05) is 12.1 Å². The van der Waals surface area contributed by atoms with E-state index in [1.165, 1.54) is 12.1 Å². The molecule has 0 spiro atoms. The van der Waals surface area contributed by atoms with Crippen molar-refractivity contribution in [3.8, 4) is 23.0 Å². The zero-order valence-corrected chi connectivity index (χ0v) is 11.7. The molecule has 0 aliphatic rings. The van der Waals surface area contributed by atoms with Gasteiger partial charge in [0.25, 0.3) is 0 Å². The minimum Gasteiger partial charge on any atom is -0.306 e. The predicted octanol–water partition coefficient (Wildman–Crippen LogP) is 4.43. The van der Waals surface area contributed by atoms with Gasteiger partial charge in [-0.15, -0.1) is 0 Å². The van der Waals surface area contributed by atoms with E-state index in [4.69, 9.17) is 5.26 Å². The van der Waals surface area contributed by atoms with Gasteiger partial charge in [0.2, 0.25) is 0 Å². The van der Waals surface area contributed by atoms with Crippen molar-refractivity contribution in [2.75, 3.05) is 0 Å². The Kier molecular flexibility index (Phi) is 3.62. The van der Waals surface area contributed by atoms with Gasteiger partial charge < -0.3 is 4.57 Å². The van der Waals surface area contributed by atoms with Crippen molar-refractivity contribution in [1.29, 1.82) is 5.26 Å². The fourth-order valence-corrected chi connectivity index (χ4v) is 2.15. The van der Waals surface area contributed by atoms with Crippen molar-refractivity contribution in [2.45, 2.75) is 6.18 Å². The summed E-state index contributed by atoms with van der Waals surface area (Å²) in [5.74, 6) is 0. The van der Waals surface area contributed by atoms with Crippen LogP contribution in [0, 0.1) is 11.3 Å². The molecule has 0 aliphatic heterocycles. The molecule has 114 valence electrons. The molecular formula is C17H10F3N3. The number of hydrogen-bond donors (Lipinski definition) is 0. The number of halogens is 3. The largest absolute Gasteiger partial charge is 0.416 e. The Morgan fingerprint density at radius 1 is 0.957 bits per heavy atom. The van der Waals surface area contributed by atoms with Gasteiger partial charge in [0.1, 0.15) is 0 Å². The number of rotatable bonds is 2. The Balaban J connectivity index is 1.88. The molecule has 0 atom stereocenters. The summed E-state index contributed by atoms with van der Waals surface area (Å²) in [6.45, 7) is 0. The maximum Gasteiger partial charge on any atom is 0.416 e. The van der Waals surface area contributed by atoms with E-state index in [0.29, 0.717) is 16.8 Å². The molecule has 0 saturated carbocycles. The first-order chi connectivity index (χ1) is 11.0. The van der Waals surface area contributed by atoms with Crippen LogP contribution in [0.15, 0.2) is 61.1 Å². The highest BCUT2D eigenvalue weighted by atomic mass is 19.4. The van der Waals surface area contributed by atoms with Crippen LogP contribution in [0.2, 0.25) is 0 Å². The van der Waals surface area contributed by atoms with Gasteiger partial charge in [-0.3, -0.25) is 0 Å². The molecule has 0 fully saturated rings. The van der Waals surface area contributed by atoms with Crippen molar-refractivity contribution in [1.82, 2.24) is 9.55 Å². The molecule has 0 radical (unpaired) electrons. The molecule has 6 heteroatoms. The number of alkyl halides is 3. The molecule has 23 heavy (non-hydrogen) atoms. The third kappa shape index (κ3) is 3.09. The summed E-state index contributed by atoms with van der Waals surface area (Å²) in [6.07, 6.45) is -1.04. The highest BCUT2D eigenvalue weighted by molar-refractivity contribution is 5.59. The molecule has 1 heterocycles. The van der Waals surface area contributed by atoms with Gasteiger partial charge >= 0.3 is 6.18 Å². The van der Waals surface area contributed by atoms with Crippen LogP contribution in [-0.2, 0) is 6.18 Å². The molecule has 3 nitrogen and oxygen atoms in total. The number of aromatic nitrogens is 2. The predicted molar refractivity (Wildman–Crippen MR) is 78.7 cm³/mol. The van der Waals surface area contributed by atoms with E-state index in [9.17, 15) is 13.2 Å². The summed E-state index contributed by atoms with van der Waals surface area (Å²) in [6, 6.07) is 13.8. The van der Waals surface area contributed by atoms with Crippen molar-refractivity contribution in [3.63, 3.8) is 0 Å². The lowest BCUT2D eigenvalue weighted by molar-refractivity contribution is -0.137. The second-order valence-corrected chi connectivity index (χ2v) is 4.90. The van der Waals surface area contributed by atoms with Gasteiger partial charge in [0.05, 0.1) is 29.2 Å². The molecular weight excluding hydrogens is 303 g/mol. The Morgan fingerprint density at radius 2 is 1.61 bits per heavy atom. The number of imidazole rings is 1. The van der Waals surface area contributed by atoms with Crippen LogP contribution < -0.4 is 0 Å². The molecule has 0 bridgehead atoms. The molecule has 2 aromatic carbocycles. The lowest BCUT2D eigenvalue weighted by Gasteiger charge is -2.06. The van der Waals surface area contributed by atoms with E-state index in [-0.39, 0.29) is 0 Å². The standard InChI is InChI=1S/C17H10F3N3/c18-17(19,20)14-5-3-13(4-6-14)16-10-23(11-22-16)15-7-1-12(9-21)2-8-15/h1-8,10-11H. The first-order valence-electron chi connectivity index (χ1n) is 6.69. The molecule has 0 unspecified atom stereocenters. The fraction of sp³-hybridized carbons (Fsp3) is 0.0588. The number of hydrogen-bond acceptors (Lipinski definition) is 2. The second kappa shape index (κ2) is 5.61. The van der Waals surface area contributed by atoms with Crippen molar-refractivity contribution < 1.29 is 13.2 Å². The molecule has 0 aliphatic carbocycles. The van der Waals surface area contributed by atoms with E-state index in [1.54, 1.807) is 41.4 Å². The average molecular weight is 313 g/mol. The summed E-state index contributed by atoms with van der Waals surface area (Å²) < 4.78 is 39.4. The first-order valence-corrected chi connectivity index (χ1v) is 6.69. The van der Waals surface area contributed by atoms with Crippen molar-refractivity contribution in [3.05, 3.63) is 72.2 Å². The lowest BCUT2D eigenvalue weighted by Crippen LogP contribution is -2.03. The van der Waals surface area contributed by atoms with Gasteiger partial charge in [0, 0.05) is 17.4 Å². The highest BCUT2D eigenvalue weighted by Gasteiger charge is 2.30. The third-order valence-corrected chi connectivity index (χ3v) is 3.39. The Bertz CT molecular complexity index is 854.